The molecule has 0 saturated carbocycles. The van der Waals surface area contributed by atoms with Gasteiger partial charge in [0.2, 0.25) is 0 Å². The van der Waals surface area contributed by atoms with Gasteiger partial charge in [0.25, 0.3) is 0 Å². The molecule has 0 aromatic heterocycles. The summed E-state index contributed by atoms with van der Waals surface area (Å²) < 4.78 is 1.32. The molecule has 0 spiro atoms. The molecule has 0 atom stereocenters. The Labute approximate surface area is 113 Å². The molecule has 0 aromatic rings. The van der Waals surface area contributed by atoms with Crippen LogP contribution in [0.25, 0.3) is 0 Å². The van der Waals surface area contributed by atoms with Gasteiger partial charge in [-0.3, -0.25) is 0 Å². The number of hydrogen-bond acceptors (Lipinski definition) is 0. The predicted molar refractivity (Wildman–Crippen MR) is 79.2 cm³/mol. The van der Waals surface area contributed by atoms with Crippen LogP contribution in [-0.4, -0.2) is 0 Å². The molecule has 0 N–H and O–H groups in total. The summed E-state index contributed by atoms with van der Waals surface area (Å²) in [4.78, 5) is 0. The Balaban J connectivity index is 2.16. The van der Waals surface area contributed by atoms with Gasteiger partial charge in [-0.1, -0.05) is 66.6 Å². The van der Waals surface area contributed by atoms with E-state index < -0.39 is 0 Å². The number of allylic oxidation sites excluding steroid dienone is 8. The van der Waals surface area contributed by atoms with Crippen LogP contribution in [0.5, 0.6) is 0 Å². The maximum absolute atomic E-state index is 3.56. The van der Waals surface area contributed by atoms with Gasteiger partial charge >= 0.3 is 0 Å². The number of halogens is 1. The normalized spacial score (nSPS) is 21.4. The Morgan fingerprint density at radius 2 is 1.41 bits per heavy atom. The van der Waals surface area contributed by atoms with E-state index >= 15 is 0 Å². The molecule has 1 heteroatoms. The maximum Gasteiger partial charge on any atom is -0.00460 e. The lowest BCUT2D eigenvalue weighted by molar-refractivity contribution is 0.479. The van der Waals surface area contributed by atoms with Gasteiger partial charge in [-0.25, -0.2) is 0 Å². The Kier molecular flexibility index (Phi) is 3.77. The van der Waals surface area contributed by atoms with Crippen LogP contribution in [0.3, 0.4) is 0 Å². The van der Waals surface area contributed by atoms with Crippen molar-refractivity contribution >= 4 is 15.9 Å². The highest BCUT2D eigenvalue weighted by Crippen LogP contribution is 2.36. The standard InChI is InChI=1S/C16H21Br/c1-16(2,3)14-8-4-12(5-9-14)13-6-10-15(17)11-7-13/h4,6,8,10H,5,7,9,11H2,1-3H3. The molecule has 2 rings (SSSR count). The highest BCUT2D eigenvalue weighted by atomic mass is 79.9. The van der Waals surface area contributed by atoms with Crippen LogP contribution >= 0.6 is 15.9 Å². The van der Waals surface area contributed by atoms with Crippen LogP contribution in [0.15, 0.2) is 45.5 Å². The molecule has 2 aliphatic carbocycles. The van der Waals surface area contributed by atoms with Crippen molar-refractivity contribution in [2.45, 2.75) is 46.5 Å². The van der Waals surface area contributed by atoms with Gasteiger partial charge in [-0.15, -0.1) is 0 Å². The van der Waals surface area contributed by atoms with E-state index in [1.165, 1.54) is 34.9 Å². The molecule has 0 radical (unpaired) electrons. The predicted octanol–water partition coefficient (Wildman–Crippen LogP) is 5.68. The topological polar surface area (TPSA) is 0 Å². The molecule has 0 heterocycles. The third-order valence-electron chi connectivity index (χ3n) is 3.62. The van der Waals surface area contributed by atoms with Crippen LogP contribution in [0.2, 0.25) is 0 Å². The van der Waals surface area contributed by atoms with Crippen LogP contribution in [0.4, 0.5) is 0 Å². The zero-order chi connectivity index (χ0) is 12.5. The second kappa shape index (κ2) is 4.97. The molecule has 0 aromatic carbocycles. The summed E-state index contributed by atoms with van der Waals surface area (Å²) in [6, 6.07) is 0. The highest BCUT2D eigenvalue weighted by Gasteiger charge is 2.20. The van der Waals surface area contributed by atoms with Crippen molar-refractivity contribution in [2.75, 3.05) is 0 Å². The smallest absolute Gasteiger partial charge is 0.00460 e. The molecular weight excluding hydrogens is 272 g/mol. The van der Waals surface area contributed by atoms with E-state index in [2.05, 4.69) is 61.0 Å². The van der Waals surface area contributed by atoms with Gasteiger partial charge in [0.15, 0.2) is 0 Å². The van der Waals surface area contributed by atoms with E-state index in [-0.39, 0.29) is 0 Å². The summed E-state index contributed by atoms with van der Waals surface area (Å²) in [6.07, 6.45) is 13.9. The molecule has 0 bridgehead atoms. The maximum atomic E-state index is 3.56. The fourth-order valence-electron chi connectivity index (χ4n) is 2.41. The fourth-order valence-corrected chi connectivity index (χ4v) is 2.74. The molecule has 0 amide bonds. The van der Waals surface area contributed by atoms with Crippen molar-refractivity contribution in [3.05, 3.63) is 45.5 Å². The Morgan fingerprint density at radius 3 is 1.82 bits per heavy atom. The first-order valence-electron chi connectivity index (χ1n) is 6.42. The van der Waals surface area contributed by atoms with Crippen molar-refractivity contribution in [3.8, 4) is 0 Å². The van der Waals surface area contributed by atoms with E-state index in [0.717, 1.165) is 6.42 Å². The molecule has 0 aliphatic heterocycles. The van der Waals surface area contributed by atoms with Crippen molar-refractivity contribution in [1.29, 1.82) is 0 Å². The minimum absolute atomic E-state index is 0.325. The summed E-state index contributed by atoms with van der Waals surface area (Å²) in [5.41, 5.74) is 4.97. The lowest BCUT2D eigenvalue weighted by atomic mass is 9.79. The van der Waals surface area contributed by atoms with Crippen molar-refractivity contribution in [3.63, 3.8) is 0 Å². The summed E-state index contributed by atoms with van der Waals surface area (Å²) in [7, 11) is 0. The molecule has 17 heavy (non-hydrogen) atoms. The Hall–Kier alpha value is -0.560. The van der Waals surface area contributed by atoms with Gasteiger partial charge in [0, 0.05) is 0 Å². The lowest BCUT2D eigenvalue weighted by Crippen LogP contribution is -2.12. The minimum atomic E-state index is 0.325. The van der Waals surface area contributed by atoms with Crippen LogP contribution in [0.1, 0.15) is 46.5 Å². The molecule has 0 unspecified atom stereocenters. The monoisotopic (exact) mass is 292 g/mol. The second-order valence-corrected chi connectivity index (χ2v) is 6.96. The quantitative estimate of drug-likeness (QED) is 0.583. The van der Waals surface area contributed by atoms with E-state index in [9.17, 15) is 0 Å². The molecular formula is C16H21Br. The fraction of sp³-hybridized carbons (Fsp3) is 0.500. The second-order valence-electron chi connectivity index (χ2n) is 5.94. The van der Waals surface area contributed by atoms with Crippen molar-refractivity contribution in [1.82, 2.24) is 0 Å². The summed E-state index contributed by atoms with van der Waals surface area (Å²) in [5.74, 6) is 0. The van der Waals surface area contributed by atoms with Crippen molar-refractivity contribution in [2.24, 2.45) is 5.41 Å². The SMILES string of the molecule is CC(C)(C)C1=CC=C(C2=CC=C(Br)CC2)CC1. The molecule has 0 fully saturated rings. The minimum Gasteiger partial charge on any atom is -0.0645 e. The van der Waals surface area contributed by atoms with Gasteiger partial charge < -0.3 is 0 Å². The Morgan fingerprint density at radius 1 is 0.824 bits per heavy atom. The zero-order valence-corrected chi connectivity index (χ0v) is 12.6. The average Bonchev–Trinajstić information content (AvgIpc) is 2.29. The van der Waals surface area contributed by atoms with Crippen LogP contribution in [-0.2, 0) is 0 Å². The molecule has 92 valence electrons. The number of rotatable bonds is 1. The Bertz CT molecular complexity index is 425. The summed E-state index contributed by atoms with van der Waals surface area (Å²) in [6.45, 7) is 6.91. The van der Waals surface area contributed by atoms with E-state index in [4.69, 9.17) is 0 Å². The largest absolute Gasteiger partial charge is 0.0645 e. The lowest BCUT2D eigenvalue weighted by Gasteiger charge is -2.27. The first-order chi connectivity index (χ1) is 7.97. The molecule has 0 nitrogen and oxygen atoms in total. The van der Waals surface area contributed by atoms with Crippen molar-refractivity contribution < 1.29 is 0 Å². The van der Waals surface area contributed by atoms with Crippen LogP contribution in [0, 0.1) is 5.41 Å². The molecule has 2 aliphatic rings. The van der Waals surface area contributed by atoms with Gasteiger partial charge in [-0.05, 0) is 46.7 Å². The summed E-state index contributed by atoms with van der Waals surface area (Å²) >= 11 is 3.56. The third kappa shape index (κ3) is 3.22. The average molecular weight is 293 g/mol. The van der Waals surface area contributed by atoms with Gasteiger partial charge in [-0.2, -0.15) is 0 Å². The first kappa shape index (κ1) is 12.9. The van der Waals surface area contributed by atoms with Gasteiger partial charge in [0.1, 0.15) is 0 Å². The third-order valence-corrected chi connectivity index (χ3v) is 4.28. The van der Waals surface area contributed by atoms with E-state index in [0.29, 0.717) is 5.41 Å². The zero-order valence-electron chi connectivity index (χ0n) is 11.0. The van der Waals surface area contributed by atoms with Gasteiger partial charge in [0.05, 0.1) is 0 Å². The van der Waals surface area contributed by atoms with Crippen LogP contribution < -0.4 is 0 Å². The molecule has 0 saturated heterocycles. The first-order valence-corrected chi connectivity index (χ1v) is 7.22. The number of hydrogen-bond donors (Lipinski definition) is 0. The summed E-state index contributed by atoms with van der Waals surface area (Å²) in [5, 5.41) is 0. The highest BCUT2D eigenvalue weighted by molar-refractivity contribution is 9.11. The van der Waals surface area contributed by atoms with E-state index in [1.807, 2.05) is 0 Å². The van der Waals surface area contributed by atoms with E-state index in [1.54, 1.807) is 5.57 Å².